The molecule has 0 aliphatic carbocycles. The Morgan fingerprint density at radius 1 is 1.32 bits per heavy atom. The van der Waals surface area contributed by atoms with Crippen LogP contribution in [0.5, 0.6) is 0 Å². The second-order valence-corrected chi connectivity index (χ2v) is 8.20. The monoisotopic (exact) mass is 433 g/mol. The zero-order chi connectivity index (χ0) is 19.0. The second kappa shape index (κ2) is 10.8. The number of hydrogen-bond acceptors (Lipinski definition) is 4. The largest absolute Gasteiger partial charge is 0.465 e. The molecule has 0 aliphatic rings. The van der Waals surface area contributed by atoms with Crippen molar-refractivity contribution in [1.82, 2.24) is 0 Å². The maximum atomic E-state index is 14.1. The quantitative estimate of drug-likeness (QED) is 0.418. The molecule has 140 valence electrons. The van der Waals surface area contributed by atoms with E-state index in [4.69, 9.17) is 4.74 Å². The third-order valence-electron chi connectivity index (χ3n) is 3.23. The third kappa shape index (κ3) is 7.36. The van der Waals surface area contributed by atoms with Gasteiger partial charge in [0.15, 0.2) is 0 Å². The van der Waals surface area contributed by atoms with Crippen molar-refractivity contribution < 1.29 is 18.7 Å². The molecule has 0 bridgehead atoms. The lowest BCUT2D eigenvalue weighted by Crippen LogP contribution is -2.21. The molecule has 0 aliphatic heterocycles. The standard InChI is InChI=1S/C18H25BrFNO3S/c1-5-7-17(22)21-14-9-16(12(19)8-13(14)20)25-15(6-2)18(23)24-10-11(3)4/h8-9,11,15H,5-7,10H2,1-4H3,(H,21,22). The molecule has 1 unspecified atom stereocenters. The summed E-state index contributed by atoms with van der Waals surface area (Å²) in [6, 6.07) is 2.85. The van der Waals surface area contributed by atoms with Gasteiger partial charge in [0.1, 0.15) is 11.1 Å². The van der Waals surface area contributed by atoms with E-state index in [2.05, 4.69) is 21.2 Å². The van der Waals surface area contributed by atoms with Crippen LogP contribution in [0.3, 0.4) is 0 Å². The van der Waals surface area contributed by atoms with Crippen LogP contribution in [-0.2, 0) is 14.3 Å². The number of esters is 1. The first kappa shape index (κ1) is 22.0. The van der Waals surface area contributed by atoms with Crippen molar-refractivity contribution in [1.29, 1.82) is 0 Å². The Hall–Kier alpha value is -1.08. The van der Waals surface area contributed by atoms with E-state index >= 15 is 0 Å². The number of halogens is 2. The number of benzene rings is 1. The molecule has 0 saturated carbocycles. The number of hydrogen-bond donors (Lipinski definition) is 1. The SMILES string of the molecule is CCCC(=O)Nc1cc(SC(CC)C(=O)OCC(C)C)c(Br)cc1F. The van der Waals surface area contributed by atoms with Gasteiger partial charge in [0, 0.05) is 15.8 Å². The average Bonchev–Trinajstić information content (AvgIpc) is 2.54. The molecule has 0 fully saturated rings. The first-order valence-corrected chi connectivity index (χ1v) is 10.1. The van der Waals surface area contributed by atoms with Crippen molar-refractivity contribution in [3.8, 4) is 0 Å². The minimum atomic E-state index is -0.517. The smallest absolute Gasteiger partial charge is 0.319 e. The summed E-state index contributed by atoms with van der Waals surface area (Å²) < 4.78 is 19.9. The summed E-state index contributed by atoms with van der Waals surface area (Å²) in [5.74, 6) is -0.766. The fourth-order valence-electron chi connectivity index (χ4n) is 1.95. The van der Waals surface area contributed by atoms with Crippen LogP contribution in [0, 0.1) is 11.7 Å². The Labute approximate surface area is 161 Å². The van der Waals surface area contributed by atoms with Crippen molar-refractivity contribution in [2.75, 3.05) is 11.9 Å². The zero-order valence-electron chi connectivity index (χ0n) is 15.0. The molecule has 7 heteroatoms. The summed E-state index contributed by atoms with van der Waals surface area (Å²) in [5.41, 5.74) is 0.120. The van der Waals surface area contributed by atoms with Gasteiger partial charge >= 0.3 is 5.97 Å². The van der Waals surface area contributed by atoms with Gasteiger partial charge in [-0.2, -0.15) is 0 Å². The van der Waals surface area contributed by atoms with E-state index in [1.54, 1.807) is 6.07 Å². The van der Waals surface area contributed by atoms with E-state index in [9.17, 15) is 14.0 Å². The Balaban J connectivity index is 2.91. The van der Waals surface area contributed by atoms with Gasteiger partial charge in [-0.3, -0.25) is 9.59 Å². The molecule has 1 aromatic rings. The minimum absolute atomic E-state index is 0.120. The number of nitrogens with one attached hydrogen (secondary N) is 1. The molecule has 1 aromatic carbocycles. The molecule has 1 N–H and O–H groups in total. The Morgan fingerprint density at radius 2 is 2.00 bits per heavy atom. The van der Waals surface area contributed by atoms with Crippen LogP contribution < -0.4 is 5.32 Å². The number of rotatable bonds is 9. The maximum absolute atomic E-state index is 14.1. The lowest BCUT2D eigenvalue weighted by molar-refractivity contribution is -0.144. The zero-order valence-corrected chi connectivity index (χ0v) is 17.4. The first-order valence-electron chi connectivity index (χ1n) is 8.40. The van der Waals surface area contributed by atoms with E-state index in [1.807, 2.05) is 27.7 Å². The van der Waals surface area contributed by atoms with Crippen molar-refractivity contribution in [3.63, 3.8) is 0 Å². The molecule has 1 amide bonds. The van der Waals surface area contributed by atoms with Crippen LogP contribution in [0.1, 0.15) is 47.0 Å². The predicted molar refractivity (Wildman–Crippen MR) is 103 cm³/mol. The molecule has 4 nitrogen and oxygen atoms in total. The number of thioether (sulfide) groups is 1. The van der Waals surface area contributed by atoms with Crippen LogP contribution in [0.15, 0.2) is 21.5 Å². The van der Waals surface area contributed by atoms with Crippen LogP contribution in [-0.4, -0.2) is 23.7 Å². The van der Waals surface area contributed by atoms with Crippen LogP contribution in [0.4, 0.5) is 10.1 Å². The number of ether oxygens (including phenoxy) is 1. The normalized spacial score (nSPS) is 12.1. The Morgan fingerprint density at radius 3 is 2.56 bits per heavy atom. The number of carbonyl (C=O) groups excluding carboxylic acids is 2. The molecule has 0 saturated heterocycles. The summed E-state index contributed by atoms with van der Waals surface area (Å²) in [4.78, 5) is 24.6. The van der Waals surface area contributed by atoms with Gasteiger partial charge in [0.05, 0.1) is 12.3 Å². The fraction of sp³-hybridized carbons (Fsp3) is 0.556. The predicted octanol–water partition coefficient (Wildman–Crippen LogP) is 5.40. The maximum Gasteiger partial charge on any atom is 0.319 e. The van der Waals surface area contributed by atoms with Gasteiger partial charge in [0.2, 0.25) is 5.91 Å². The fourth-order valence-corrected chi connectivity index (χ4v) is 3.54. The van der Waals surface area contributed by atoms with Gasteiger partial charge in [-0.1, -0.05) is 27.7 Å². The van der Waals surface area contributed by atoms with Crippen molar-refractivity contribution in [3.05, 3.63) is 22.4 Å². The van der Waals surface area contributed by atoms with Gasteiger partial charge in [-0.15, -0.1) is 11.8 Å². The number of amides is 1. The highest BCUT2D eigenvalue weighted by Crippen LogP contribution is 2.36. The minimum Gasteiger partial charge on any atom is -0.465 e. The second-order valence-electron chi connectivity index (χ2n) is 6.10. The highest BCUT2D eigenvalue weighted by atomic mass is 79.9. The molecule has 1 atom stereocenters. The van der Waals surface area contributed by atoms with Crippen LogP contribution in [0.25, 0.3) is 0 Å². The summed E-state index contributed by atoms with van der Waals surface area (Å²) >= 11 is 4.62. The van der Waals surface area contributed by atoms with Crippen LogP contribution in [0.2, 0.25) is 0 Å². The summed E-state index contributed by atoms with van der Waals surface area (Å²) in [6.07, 6.45) is 1.60. The molecule has 1 rings (SSSR count). The van der Waals surface area contributed by atoms with E-state index in [1.165, 1.54) is 17.8 Å². The highest BCUT2D eigenvalue weighted by Gasteiger charge is 2.22. The first-order chi connectivity index (χ1) is 11.8. The molecule has 0 heterocycles. The van der Waals surface area contributed by atoms with Gasteiger partial charge in [0.25, 0.3) is 0 Å². The van der Waals surface area contributed by atoms with Crippen molar-refractivity contribution in [2.24, 2.45) is 5.92 Å². The van der Waals surface area contributed by atoms with Gasteiger partial charge in [-0.05, 0) is 46.8 Å². The van der Waals surface area contributed by atoms with Crippen molar-refractivity contribution >= 4 is 45.3 Å². The Bertz CT molecular complexity index is 610. The van der Waals surface area contributed by atoms with Gasteiger partial charge < -0.3 is 10.1 Å². The van der Waals surface area contributed by atoms with Crippen molar-refractivity contribution in [2.45, 2.75) is 57.1 Å². The molecule has 0 radical (unpaired) electrons. The summed E-state index contributed by atoms with van der Waals surface area (Å²) in [6.45, 7) is 8.11. The Kier molecular flexibility index (Phi) is 9.50. The molecular formula is C18H25BrFNO3S. The van der Waals surface area contributed by atoms with E-state index in [0.29, 0.717) is 35.2 Å². The van der Waals surface area contributed by atoms with Gasteiger partial charge in [-0.25, -0.2) is 4.39 Å². The number of anilines is 1. The van der Waals surface area contributed by atoms with E-state index in [-0.39, 0.29) is 28.7 Å². The molecule has 25 heavy (non-hydrogen) atoms. The summed E-state index contributed by atoms with van der Waals surface area (Å²) in [7, 11) is 0. The molecule has 0 aromatic heterocycles. The lowest BCUT2D eigenvalue weighted by atomic mass is 10.2. The summed E-state index contributed by atoms with van der Waals surface area (Å²) in [5, 5.41) is 2.19. The van der Waals surface area contributed by atoms with E-state index < -0.39 is 5.82 Å². The molecular weight excluding hydrogens is 409 g/mol. The lowest BCUT2D eigenvalue weighted by Gasteiger charge is -2.17. The third-order valence-corrected chi connectivity index (χ3v) is 5.56. The number of carbonyl (C=O) groups is 2. The topological polar surface area (TPSA) is 55.4 Å². The average molecular weight is 434 g/mol. The van der Waals surface area contributed by atoms with E-state index in [0.717, 1.165) is 0 Å². The highest BCUT2D eigenvalue weighted by molar-refractivity contribution is 9.10. The molecule has 0 spiro atoms. The van der Waals surface area contributed by atoms with Crippen LogP contribution >= 0.6 is 27.7 Å².